The number of esters is 1. The van der Waals surface area contributed by atoms with E-state index in [0.29, 0.717) is 32.1 Å². The molecule has 9 heteroatoms. The maximum Gasteiger partial charge on any atom is 0.316 e. The Kier molecular flexibility index (Phi) is 9.98. The number of aliphatic hydroxyl groups is 2. The van der Waals surface area contributed by atoms with Gasteiger partial charge in [-0.3, -0.25) is 14.4 Å². The zero-order valence-electron chi connectivity index (χ0n) is 26.4. The minimum atomic E-state index is -0.696. The molecule has 2 bridgehead atoms. The van der Waals surface area contributed by atoms with Gasteiger partial charge < -0.3 is 26.0 Å². The summed E-state index contributed by atoms with van der Waals surface area (Å²) in [6.07, 6.45) is 5.21. The Morgan fingerprint density at radius 1 is 1.19 bits per heavy atom. The monoisotopic (exact) mass is 606 g/mol. The lowest BCUT2D eigenvalue weighted by atomic mass is 9.44. The SMILES string of the molecule is C=C[C@]1(C)C[C@@H](OC(=O)CS[C@H]2CC[C@H](NC(=O)[C@@H](N)C(C)C)C[C@@H]2O)[C@]2(C)C(C)CCC3(CCC(=O)[C@H]32)[C@@H](C)[C@@H]1O. The largest absolute Gasteiger partial charge is 0.461 e. The molecule has 0 aromatic carbocycles. The Labute approximate surface area is 256 Å². The van der Waals surface area contributed by atoms with Crippen molar-refractivity contribution in [2.24, 2.45) is 45.7 Å². The van der Waals surface area contributed by atoms with Crippen molar-refractivity contribution >= 4 is 29.4 Å². The Morgan fingerprint density at radius 2 is 1.88 bits per heavy atom. The minimum Gasteiger partial charge on any atom is -0.461 e. The van der Waals surface area contributed by atoms with E-state index in [1.807, 2.05) is 26.8 Å². The summed E-state index contributed by atoms with van der Waals surface area (Å²) in [5.74, 6) is -0.349. The molecule has 4 rings (SSSR count). The van der Waals surface area contributed by atoms with Gasteiger partial charge in [-0.05, 0) is 68.1 Å². The molecule has 0 saturated heterocycles. The average Bonchev–Trinajstić information content (AvgIpc) is 3.30. The van der Waals surface area contributed by atoms with E-state index in [9.17, 15) is 24.6 Å². The summed E-state index contributed by atoms with van der Waals surface area (Å²) in [5, 5.41) is 25.4. The summed E-state index contributed by atoms with van der Waals surface area (Å²) in [5.41, 5.74) is 4.45. The molecule has 12 atom stereocenters. The zero-order chi connectivity index (χ0) is 31.2. The molecular weight excluding hydrogens is 552 g/mol. The zero-order valence-corrected chi connectivity index (χ0v) is 27.3. The maximum absolute atomic E-state index is 13.6. The molecule has 4 fully saturated rings. The van der Waals surface area contributed by atoms with Crippen LogP contribution >= 0.6 is 11.8 Å². The molecule has 0 heterocycles. The number of rotatable bonds is 8. The summed E-state index contributed by atoms with van der Waals surface area (Å²) >= 11 is 1.39. The Morgan fingerprint density at radius 3 is 2.50 bits per heavy atom. The molecule has 0 aromatic heterocycles. The van der Waals surface area contributed by atoms with E-state index < -0.39 is 35.2 Å². The van der Waals surface area contributed by atoms with Crippen molar-refractivity contribution in [1.29, 1.82) is 0 Å². The molecule has 4 saturated carbocycles. The highest BCUT2D eigenvalue weighted by atomic mass is 32.2. The second-order valence-electron chi connectivity index (χ2n) is 14.8. The first-order valence-corrected chi connectivity index (χ1v) is 17.0. The van der Waals surface area contributed by atoms with Crippen molar-refractivity contribution in [3.8, 4) is 0 Å². The minimum absolute atomic E-state index is 0.0312. The van der Waals surface area contributed by atoms with Crippen LogP contribution in [0.3, 0.4) is 0 Å². The van der Waals surface area contributed by atoms with Crippen LogP contribution < -0.4 is 11.1 Å². The van der Waals surface area contributed by atoms with Gasteiger partial charge in [0, 0.05) is 34.5 Å². The van der Waals surface area contributed by atoms with Crippen LogP contribution in [0.25, 0.3) is 0 Å². The van der Waals surface area contributed by atoms with Crippen molar-refractivity contribution in [3.63, 3.8) is 0 Å². The Balaban J connectivity index is 1.46. The summed E-state index contributed by atoms with van der Waals surface area (Å²) in [6, 6.07) is -0.721. The lowest BCUT2D eigenvalue weighted by Crippen LogP contribution is -2.63. The van der Waals surface area contributed by atoms with E-state index in [0.717, 1.165) is 19.3 Å². The van der Waals surface area contributed by atoms with Crippen molar-refractivity contribution < 1.29 is 29.3 Å². The molecule has 238 valence electrons. The van der Waals surface area contributed by atoms with Gasteiger partial charge in [0.2, 0.25) is 5.91 Å². The molecule has 4 aliphatic rings. The third-order valence-corrected chi connectivity index (χ3v) is 13.5. The number of thioether (sulfide) groups is 1. The molecule has 0 aromatic rings. The van der Waals surface area contributed by atoms with Crippen LogP contribution in [0, 0.1) is 39.9 Å². The number of amides is 1. The number of ether oxygens (including phenoxy) is 1. The quantitative estimate of drug-likeness (QED) is 0.240. The second-order valence-corrected chi connectivity index (χ2v) is 16.0. The number of ketones is 1. The molecule has 42 heavy (non-hydrogen) atoms. The first kappa shape index (κ1) is 33.5. The number of nitrogens with two attached hydrogens (primary N) is 1. The maximum atomic E-state index is 13.6. The molecule has 4 aliphatic carbocycles. The molecule has 5 N–H and O–H groups in total. The smallest absolute Gasteiger partial charge is 0.316 e. The van der Waals surface area contributed by atoms with E-state index in [-0.39, 0.29) is 63.8 Å². The van der Waals surface area contributed by atoms with E-state index in [1.165, 1.54) is 11.8 Å². The van der Waals surface area contributed by atoms with Gasteiger partial charge in [-0.2, -0.15) is 0 Å². The number of aliphatic hydroxyl groups excluding tert-OH is 2. The van der Waals surface area contributed by atoms with Crippen LogP contribution in [-0.2, 0) is 19.1 Å². The predicted octanol–water partition coefficient (Wildman–Crippen LogP) is 4.01. The van der Waals surface area contributed by atoms with Gasteiger partial charge in [0.25, 0.3) is 0 Å². The number of hydrogen-bond acceptors (Lipinski definition) is 8. The number of nitrogens with one attached hydrogen (secondary N) is 1. The highest BCUT2D eigenvalue weighted by Gasteiger charge is 2.68. The predicted molar refractivity (Wildman–Crippen MR) is 165 cm³/mol. The third kappa shape index (κ3) is 5.84. The van der Waals surface area contributed by atoms with Crippen LogP contribution in [0.15, 0.2) is 12.7 Å². The van der Waals surface area contributed by atoms with Gasteiger partial charge >= 0.3 is 5.97 Å². The fraction of sp³-hybridized carbons (Fsp3) is 0.848. The van der Waals surface area contributed by atoms with Gasteiger partial charge in [-0.1, -0.05) is 47.6 Å². The Bertz CT molecular complexity index is 1050. The molecule has 0 radical (unpaired) electrons. The van der Waals surface area contributed by atoms with E-state index in [2.05, 4.69) is 32.7 Å². The second kappa shape index (κ2) is 12.5. The highest BCUT2D eigenvalue weighted by Crippen LogP contribution is 2.68. The lowest BCUT2D eigenvalue weighted by molar-refractivity contribution is -0.205. The van der Waals surface area contributed by atoms with Gasteiger partial charge in [-0.15, -0.1) is 18.3 Å². The standard InChI is InChI=1S/C33H54N2O6S/c1-8-31(6)16-25(32(7)19(4)11-13-33(20(5)29(31)39)14-12-22(36)28(32)33)41-26(38)17-42-24-10-9-21(15-23(24)37)35-30(40)27(34)18(2)3/h8,18-21,23-25,27-29,37,39H,1,9-17,34H2,2-7H3,(H,35,40)/t19?,20-,21-,23-,24-,25+,27-,28-,29-,31+,32-,33?/m0/s1. The van der Waals surface area contributed by atoms with E-state index >= 15 is 0 Å². The summed E-state index contributed by atoms with van der Waals surface area (Å²) in [4.78, 5) is 39.4. The summed E-state index contributed by atoms with van der Waals surface area (Å²) in [7, 11) is 0. The number of hydrogen-bond donors (Lipinski definition) is 4. The normalized spacial score (nSPS) is 44.5. The summed E-state index contributed by atoms with van der Waals surface area (Å²) < 4.78 is 6.35. The van der Waals surface area contributed by atoms with E-state index in [4.69, 9.17) is 10.5 Å². The molecule has 8 nitrogen and oxygen atoms in total. The highest BCUT2D eigenvalue weighted by molar-refractivity contribution is 8.00. The van der Waals surface area contributed by atoms with Gasteiger partial charge in [0.15, 0.2) is 0 Å². The van der Waals surface area contributed by atoms with Crippen LogP contribution in [0.2, 0.25) is 0 Å². The number of carbonyl (C=O) groups is 3. The first-order valence-electron chi connectivity index (χ1n) is 16.0. The molecule has 2 unspecified atom stereocenters. The van der Waals surface area contributed by atoms with Crippen molar-refractivity contribution in [2.45, 2.75) is 129 Å². The van der Waals surface area contributed by atoms with E-state index in [1.54, 1.807) is 0 Å². The van der Waals surface area contributed by atoms with Gasteiger partial charge in [-0.25, -0.2) is 0 Å². The van der Waals surface area contributed by atoms with Gasteiger partial charge in [0.05, 0.1) is 24.0 Å². The summed E-state index contributed by atoms with van der Waals surface area (Å²) in [6.45, 7) is 16.3. The van der Waals surface area contributed by atoms with Crippen molar-refractivity contribution in [1.82, 2.24) is 5.32 Å². The molecule has 1 amide bonds. The van der Waals surface area contributed by atoms with Crippen LogP contribution in [0.1, 0.15) is 92.9 Å². The molecule has 0 aliphatic heterocycles. The third-order valence-electron chi connectivity index (χ3n) is 12.1. The fourth-order valence-corrected chi connectivity index (χ4v) is 9.97. The number of carbonyl (C=O) groups excluding carboxylic acids is 3. The lowest BCUT2D eigenvalue weighted by Gasteiger charge is -2.61. The van der Waals surface area contributed by atoms with Crippen molar-refractivity contribution in [2.75, 3.05) is 5.75 Å². The van der Waals surface area contributed by atoms with Crippen LogP contribution in [0.5, 0.6) is 0 Å². The van der Waals surface area contributed by atoms with Gasteiger partial charge in [0.1, 0.15) is 11.9 Å². The first-order chi connectivity index (χ1) is 19.6. The molecule has 0 spiro atoms. The van der Waals surface area contributed by atoms with Crippen LogP contribution in [-0.4, -0.2) is 69.3 Å². The van der Waals surface area contributed by atoms with Crippen LogP contribution in [0.4, 0.5) is 0 Å². The number of Topliss-reactive ketones (excluding diaryl/α,β-unsaturated/α-hetero) is 1. The Hall–Kier alpha value is -1.42. The topological polar surface area (TPSA) is 139 Å². The molecular formula is C33H54N2O6S. The average molecular weight is 607 g/mol. The van der Waals surface area contributed by atoms with Crippen molar-refractivity contribution in [3.05, 3.63) is 12.7 Å². The fourth-order valence-electron chi connectivity index (χ4n) is 8.91.